The molecule has 0 heterocycles. The summed E-state index contributed by atoms with van der Waals surface area (Å²) in [5.41, 5.74) is 0. The minimum Gasteiger partial charge on any atom is -0.299 e. The van der Waals surface area contributed by atoms with Crippen molar-refractivity contribution in [2.75, 3.05) is 0 Å². The Morgan fingerprint density at radius 2 is 0.750 bits per heavy atom. The van der Waals surface area contributed by atoms with Gasteiger partial charge in [0.25, 0.3) is 0 Å². The molecule has 60 heavy (non-hydrogen) atoms. The van der Waals surface area contributed by atoms with E-state index in [1.165, 1.54) is 128 Å². The van der Waals surface area contributed by atoms with E-state index in [-0.39, 0.29) is 17.8 Å². The number of hydrogen-bond donors (Lipinski definition) is 0. The molecule has 0 N–H and O–H groups in total. The van der Waals surface area contributed by atoms with Gasteiger partial charge in [0, 0.05) is 47.3 Å². The second-order valence-electron chi connectivity index (χ2n) is 25.9. The zero-order chi connectivity index (χ0) is 39.7. The molecular formula is C56H78O4. The molecule has 26 unspecified atom stereocenters. The van der Waals surface area contributed by atoms with Gasteiger partial charge >= 0.3 is 0 Å². The predicted octanol–water partition coefficient (Wildman–Crippen LogP) is 11.6. The average Bonchev–Trinajstić information content (AvgIpc) is 3.97. The molecule has 0 saturated heterocycles. The van der Waals surface area contributed by atoms with E-state index in [2.05, 4.69) is 0 Å². The van der Waals surface area contributed by atoms with Crippen LogP contribution in [0, 0.1) is 154 Å². The van der Waals surface area contributed by atoms with Crippen LogP contribution < -0.4 is 0 Å². The Labute approximate surface area is 361 Å². The molecule has 0 aromatic carbocycles. The zero-order valence-electron chi connectivity index (χ0n) is 37.0. The van der Waals surface area contributed by atoms with Crippen LogP contribution in [0.25, 0.3) is 0 Å². The van der Waals surface area contributed by atoms with E-state index in [9.17, 15) is 14.4 Å². The third-order valence-corrected chi connectivity index (χ3v) is 24.9. The Hall–Kier alpha value is -1.32. The number of carbonyl (C=O) groups excluding carboxylic acids is 4. The number of rotatable bonds is 1. The van der Waals surface area contributed by atoms with Crippen molar-refractivity contribution in [3.05, 3.63) is 0 Å². The number of ketones is 4. The predicted molar refractivity (Wildman–Crippen MR) is 231 cm³/mol. The molecule has 14 aliphatic carbocycles. The standard InChI is InChI=1S/C56H78O4/c57-53-36-14-6-2-10-30(36)42-25-43-41(24-28-18-20-34-29-9-1-7-15-37(29)55(59)51(34)47(28)44(43)26-46(42)53)27-17-19-35-45(23-27)54(58)40-22-21-39-49(50(35)40)32-12-4-3-11-31(32)48-33-13-5-8-16-38(33)56(60)52(39)48/h27-52H,1-26H2. The molecule has 0 aromatic rings. The van der Waals surface area contributed by atoms with Crippen molar-refractivity contribution >= 4 is 23.1 Å². The fraction of sp³-hybridized carbons (Fsp3) is 0.929. The lowest BCUT2D eigenvalue weighted by Crippen LogP contribution is -2.55. The van der Waals surface area contributed by atoms with E-state index in [4.69, 9.17) is 0 Å². The fourth-order valence-electron chi connectivity index (χ4n) is 23.6. The van der Waals surface area contributed by atoms with Crippen molar-refractivity contribution in [1.82, 2.24) is 0 Å². The Bertz CT molecular complexity index is 1800. The molecule has 14 rings (SSSR count). The molecule has 14 aliphatic rings. The van der Waals surface area contributed by atoms with Gasteiger partial charge in [0.1, 0.15) is 23.1 Å². The van der Waals surface area contributed by atoms with Crippen LogP contribution in [0.2, 0.25) is 0 Å². The van der Waals surface area contributed by atoms with Gasteiger partial charge in [0.05, 0.1) is 0 Å². The summed E-state index contributed by atoms with van der Waals surface area (Å²) >= 11 is 0. The lowest BCUT2D eigenvalue weighted by molar-refractivity contribution is -0.142. The van der Waals surface area contributed by atoms with Gasteiger partial charge in [0.2, 0.25) is 0 Å². The molecule has 326 valence electrons. The van der Waals surface area contributed by atoms with Crippen molar-refractivity contribution in [3.63, 3.8) is 0 Å². The fourth-order valence-corrected chi connectivity index (χ4v) is 23.6. The minimum atomic E-state index is 0.262. The van der Waals surface area contributed by atoms with E-state index in [0.29, 0.717) is 147 Å². The summed E-state index contributed by atoms with van der Waals surface area (Å²) in [5.74, 6) is 16.7. The quantitative estimate of drug-likeness (QED) is 0.264. The molecule has 4 nitrogen and oxygen atoms in total. The van der Waals surface area contributed by atoms with E-state index in [0.717, 1.165) is 50.4 Å². The maximum Gasteiger partial charge on any atom is 0.139 e. The van der Waals surface area contributed by atoms with Crippen LogP contribution in [-0.2, 0) is 19.2 Å². The molecule has 0 bridgehead atoms. The SMILES string of the molecule is O=C1C2CCCCC2C2CC3C(C4CCC5C(C4)C(=O)C4CCC6C7C(=O)C8CCCCC8C7C7CCCCC7C6C45)CC4CCC5C6CCCCC6C(=O)C5C4C3CC12. The van der Waals surface area contributed by atoms with Gasteiger partial charge in [-0.1, -0.05) is 51.4 Å². The summed E-state index contributed by atoms with van der Waals surface area (Å²) < 4.78 is 0. The Kier molecular flexibility index (Phi) is 8.92. The molecule has 26 atom stereocenters. The second kappa shape index (κ2) is 14.1. The van der Waals surface area contributed by atoms with E-state index < -0.39 is 0 Å². The van der Waals surface area contributed by atoms with Gasteiger partial charge in [0.15, 0.2) is 0 Å². The van der Waals surface area contributed by atoms with E-state index in [1.807, 2.05) is 0 Å². The van der Waals surface area contributed by atoms with Crippen LogP contribution in [0.4, 0.5) is 0 Å². The van der Waals surface area contributed by atoms with Gasteiger partial charge in [-0.2, -0.15) is 0 Å². The molecule has 0 aromatic heterocycles. The molecule has 0 spiro atoms. The topological polar surface area (TPSA) is 68.3 Å². The summed E-state index contributed by atoms with van der Waals surface area (Å²) in [5, 5.41) is 0. The monoisotopic (exact) mass is 815 g/mol. The first-order valence-electron chi connectivity index (χ1n) is 27.6. The number of hydrogen-bond acceptors (Lipinski definition) is 4. The van der Waals surface area contributed by atoms with E-state index >= 15 is 4.79 Å². The van der Waals surface area contributed by atoms with E-state index in [1.54, 1.807) is 0 Å². The molecule has 14 saturated carbocycles. The van der Waals surface area contributed by atoms with Crippen molar-refractivity contribution in [2.45, 2.75) is 167 Å². The van der Waals surface area contributed by atoms with Gasteiger partial charge < -0.3 is 0 Å². The smallest absolute Gasteiger partial charge is 0.139 e. The lowest BCUT2D eigenvalue weighted by atomic mass is 9.45. The van der Waals surface area contributed by atoms with Gasteiger partial charge in [-0.05, 0) is 222 Å². The normalized spacial score (nSPS) is 59.7. The highest BCUT2D eigenvalue weighted by molar-refractivity contribution is 5.89. The van der Waals surface area contributed by atoms with Crippen molar-refractivity contribution in [3.8, 4) is 0 Å². The average molecular weight is 815 g/mol. The first-order valence-corrected chi connectivity index (χ1v) is 27.6. The maximum atomic E-state index is 15.1. The number of Topliss-reactive ketones (excluding diaryl/α,β-unsaturated/α-hetero) is 4. The van der Waals surface area contributed by atoms with Crippen molar-refractivity contribution in [2.24, 2.45) is 154 Å². The van der Waals surface area contributed by atoms with Gasteiger partial charge in [-0.25, -0.2) is 0 Å². The van der Waals surface area contributed by atoms with Crippen LogP contribution in [0.1, 0.15) is 167 Å². The van der Waals surface area contributed by atoms with Crippen LogP contribution in [-0.4, -0.2) is 23.1 Å². The van der Waals surface area contributed by atoms with Crippen LogP contribution in [0.3, 0.4) is 0 Å². The van der Waals surface area contributed by atoms with Crippen molar-refractivity contribution < 1.29 is 19.2 Å². The minimum absolute atomic E-state index is 0.262. The Balaban J connectivity index is 0.775. The first-order chi connectivity index (χ1) is 29.5. The summed E-state index contributed by atoms with van der Waals surface area (Å²) in [4.78, 5) is 58.8. The zero-order valence-corrected chi connectivity index (χ0v) is 37.0. The largest absolute Gasteiger partial charge is 0.299 e. The second-order valence-corrected chi connectivity index (χ2v) is 25.9. The lowest BCUT2D eigenvalue weighted by Gasteiger charge is -2.59. The van der Waals surface area contributed by atoms with Gasteiger partial charge in [-0.15, -0.1) is 0 Å². The molecule has 0 amide bonds. The summed E-state index contributed by atoms with van der Waals surface area (Å²) in [6.45, 7) is 0. The number of carbonyl (C=O) groups is 4. The summed E-state index contributed by atoms with van der Waals surface area (Å²) in [6, 6.07) is 0. The highest BCUT2D eigenvalue weighted by Gasteiger charge is 2.69. The molecule has 0 radical (unpaired) electrons. The summed E-state index contributed by atoms with van der Waals surface area (Å²) in [7, 11) is 0. The maximum absolute atomic E-state index is 15.1. The van der Waals surface area contributed by atoms with Crippen LogP contribution in [0.5, 0.6) is 0 Å². The summed E-state index contributed by atoms with van der Waals surface area (Å²) in [6.07, 6.45) is 32.9. The molecule has 4 heteroatoms. The highest BCUT2D eigenvalue weighted by atomic mass is 16.1. The Morgan fingerprint density at radius 1 is 0.233 bits per heavy atom. The first kappa shape index (κ1) is 38.0. The van der Waals surface area contributed by atoms with Crippen LogP contribution in [0.15, 0.2) is 0 Å². The molecule has 14 fully saturated rings. The van der Waals surface area contributed by atoms with Crippen LogP contribution >= 0.6 is 0 Å². The molecular weight excluding hydrogens is 737 g/mol. The van der Waals surface area contributed by atoms with Crippen molar-refractivity contribution in [1.29, 1.82) is 0 Å². The van der Waals surface area contributed by atoms with Gasteiger partial charge in [-0.3, -0.25) is 19.2 Å². The molecule has 0 aliphatic heterocycles. The third kappa shape index (κ3) is 5.10. The third-order valence-electron chi connectivity index (χ3n) is 24.9. The Morgan fingerprint density at radius 3 is 1.50 bits per heavy atom. The highest BCUT2D eigenvalue weighted by Crippen LogP contribution is 2.71. The number of fused-ring (bicyclic) bond motifs is 22.